The van der Waals surface area contributed by atoms with Crippen molar-refractivity contribution in [3.05, 3.63) is 0 Å². The zero-order valence-electron chi connectivity index (χ0n) is 11.4. The van der Waals surface area contributed by atoms with Crippen LogP contribution in [0.2, 0.25) is 0 Å². The molecule has 0 bridgehead atoms. The number of hydrogen-bond donors (Lipinski definition) is 2. The van der Waals surface area contributed by atoms with E-state index >= 15 is 0 Å². The van der Waals surface area contributed by atoms with Crippen LogP contribution in [0.4, 0.5) is 0 Å². The van der Waals surface area contributed by atoms with Gasteiger partial charge in [0.15, 0.2) is 0 Å². The molecule has 18 heavy (non-hydrogen) atoms. The molecule has 0 aromatic rings. The summed E-state index contributed by atoms with van der Waals surface area (Å²) in [4.78, 5) is 0. The van der Waals surface area contributed by atoms with Crippen LogP contribution in [0.3, 0.4) is 0 Å². The molecule has 0 saturated carbocycles. The summed E-state index contributed by atoms with van der Waals surface area (Å²) in [5.74, 6) is 0.515. The Kier molecular flexibility index (Phi) is 7.14. The lowest BCUT2D eigenvalue weighted by Gasteiger charge is -2.15. The molecule has 1 heterocycles. The molecule has 5 nitrogen and oxygen atoms in total. The first-order valence-electron chi connectivity index (χ1n) is 6.83. The van der Waals surface area contributed by atoms with E-state index in [1.165, 1.54) is 0 Å². The fourth-order valence-electron chi connectivity index (χ4n) is 1.95. The number of sulfonamides is 1. The molecular formula is C12H26N2O3S. The van der Waals surface area contributed by atoms with Gasteiger partial charge in [-0.05, 0) is 38.6 Å². The number of nitrogens with one attached hydrogen (secondary N) is 2. The van der Waals surface area contributed by atoms with Crippen molar-refractivity contribution in [1.29, 1.82) is 0 Å². The second kappa shape index (κ2) is 8.09. The fraction of sp³-hybridized carbons (Fsp3) is 1.00. The van der Waals surface area contributed by atoms with Crippen LogP contribution in [-0.4, -0.2) is 46.5 Å². The molecule has 1 rings (SSSR count). The topological polar surface area (TPSA) is 67.4 Å². The minimum Gasteiger partial charge on any atom is -0.381 e. The summed E-state index contributed by atoms with van der Waals surface area (Å²) in [5, 5.41) is 2.75. The SMILES string of the molecule is CCCNCC(C)S(=O)(=O)NCCC1CCOC1. The maximum absolute atomic E-state index is 11.9. The van der Waals surface area contributed by atoms with E-state index in [4.69, 9.17) is 4.74 Å². The smallest absolute Gasteiger partial charge is 0.215 e. The molecule has 0 spiro atoms. The van der Waals surface area contributed by atoms with Gasteiger partial charge in [0.05, 0.1) is 5.25 Å². The highest BCUT2D eigenvalue weighted by Gasteiger charge is 2.21. The molecule has 2 atom stereocenters. The second-order valence-corrected chi connectivity index (χ2v) is 7.16. The van der Waals surface area contributed by atoms with E-state index in [1.54, 1.807) is 6.92 Å². The van der Waals surface area contributed by atoms with Crippen molar-refractivity contribution >= 4 is 10.0 Å². The molecule has 108 valence electrons. The summed E-state index contributed by atoms with van der Waals surface area (Å²) in [7, 11) is -3.19. The van der Waals surface area contributed by atoms with E-state index in [0.29, 0.717) is 19.0 Å². The van der Waals surface area contributed by atoms with Crippen molar-refractivity contribution in [2.24, 2.45) is 5.92 Å². The van der Waals surface area contributed by atoms with Gasteiger partial charge in [-0.1, -0.05) is 6.92 Å². The van der Waals surface area contributed by atoms with E-state index < -0.39 is 10.0 Å². The molecule has 0 amide bonds. The summed E-state index contributed by atoms with van der Waals surface area (Å²) in [6.45, 7) is 7.28. The predicted molar refractivity (Wildman–Crippen MR) is 73.1 cm³/mol. The largest absolute Gasteiger partial charge is 0.381 e. The summed E-state index contributed by atoms with van der Waals surface area (Å²) in [6.07, 6.45) is 2.94. The van der Waals surface area contributed by atoms with Crippen LogP contribution in [0.1, 0.15) is 33.1 Å². The zero-order valence-corrected chi connectivity index (χ0v) is 12.3. The average Bonchev–Trinajstić information content (AvgIpc) is 2.82. The van der Waals surface area contributed by atoms with E-state index in [1.807, 2.05) is 0 Å². The molecule has 1 saturated heterocycles. The Labute approximate surface area is 111 Å². The molecule has 0 aliphatic carbocycles. The molecule has 0 radical (unpaired) electrons. The number of ether oxygens (including phenoxy) is 1. The Bertz CT molecular complexity index is 313. The van der Waals surface area contributed by atoms with Gasteiger partial charge in [-0.25, -0.2) is 13.1 Å². The molecule has 1 aliphatic rings. The fourth-order valence-corrected chi connectivity index (χ4v) is 2.97. The van der Waals surface area contributed by atoms with Gasteiger partial charge in [0.2, 0.25) is 10.0 Å². The van der Waals surface area contributed by atoms with Crippen molar-refractivity contribution in [2.45, 2.75) is 38.4 Å². The molecule has 6 heteroatoms. The molecule has 2 unspecified atom stereocenters. The summed E-state index contributed by atoms with van der Waals surface area (Å²) >= 11 is 0. The lowest BCUT2D eigenvalue weighted by molar-refractivity contribution is 0.184. The molecule has 0 aromatic heterocycles. The Hall–Kier alpha value is -0.170. The van der Waals surface area contributed by atoms with Gasteiger partial charge in [0.25, 0.3) is 0 Å². The first-order valence-corrected chi connectivity index (χ1v) is 8.37. The highest BCUT2D eigenvalue weighted by Crippen LogP contribution is 2.15. The zero-order chi connectivity index (χ0) is 13.4. The third-order valence-electron chi connectivity index (χ3n) is 3.27. The van der Waals surface area contributed by atoms with Gasteiger partial charge in [0, 0.05) is 26.3 Å². The number of rotatable bonds is 9. The van der Waals surface area contributed by atoms with E-state index in [9.17, 15) is 8.42 Å². The van der Waals surface area contributed by atoms with Gasteiger partial charge in [-0.2, -0.15) is 0 Å². The average molecular weight is 278 g/mol. The highest BCUT2D eigenvalue weighted by atomic mass is 32.2. The van der Waals surface area contributed by atoms with E-state index in [2.05, 4.69) is 17.0 Å². The second-order valence-electron chi connectivity index (χ2n) is 4.97. The van der Waals surface area contributed by atoms with Crippen LogP contribution < -0.4 is 10.0 Å². The van der Waals surface area contributed by atoms with Crippen molar-refractivity contribution in [2.75, 3.05) is 32.8 Å². The van der Waals surface area contributed by atoms with Gasteiger partial charge in [0.1, 0.15) is 0 Å². The van der Waals surface area contributed by atoms with Gasteiger partial charge >= 0.3 is 0 Å². The summed E-state index contributed by atoms with van der Waals surface area (Å²) in [5.41, 5.74) is 0. The molecule has 1 aliphatic heterocycles. The van der Waals surface area contributed by atoms with Crippen LogP contribution in [0.15, 0.2) is 0 Å². The van der Waals surface area contributed by atoms with Crippen molar-refractivity contribution in [3.63, 3.8) is 0 Å². The lowest BCUT2D eigenvalue weighted by atomic mass is 10.1. The van der Waals surface area contributed by atoms with Crippen molar-refractivity contribution in [1.82, 2.24) is 10.0 Å². The Morgan fingerprint density at radius 3 is 2.78 bits per heavy atom. The maximum Gasteiger partial charge on any atom is 0.215 e. The lowest BCUT2D eigenvalue weighted by Crippen LogP contribution is -2.39. The quantitative estimate of drug-likeness (QED) is 0.610. The van der Waals surface area contributed by atoms with E-state index in [-0.39, 0.29) is 5.25 Å². The predicted octanol–water partition coefficient (Wildman–Crippen LogP) is 0.721. The Morgan fingerprint density at radius 2 is 2.17 bits per heavy atom. The Balaban J connectivity index is 2.20. The van der Waals surface area contributed by atoms with Crippen LogP contribution in [0.25, 0.3) is 0 Å². The highest BCUT2D eigenvalue weighted by molar-refractivity contribution is 7.90. The standard InChI is InChI=1S/C12H26N2O3S/c1-3-6-13-9-11(2)18(15,16)14-7-4-12-5-8-17-10-12/h11-14H,3-10H2,1-2H3. The summed E-state index contributed by atoms with van der Waals surface area (Å²) in [6, 6.07) is 0. The monoisotopic (exact) mass is 278 g/mol. The first kappa shape index (κ1) is 15.9. The van der Waals surface area contributed by atoms with Crippen LogP contribution >= 0.6 is 0 Å². The van der Waals surface area contributed by atoms with Crippen molar-refractivity contribution < 1.29 is 13.2 Å². The van der Waals surface area contributed by atoms with Crippen LogP contribution in [-0.2, 0) is 14.8 Å². The van der Waals surface area contributed by atoms with Crippen LogP contribution in [0, 0.1) is 5.92 Å². The van der Waals surface area contributed by atoms with Gasteiger partial charge in [-0.3, -0.25) is 0 Å². The van der Waals surface area contributed by atoms with Gasteiger partial charge < -0.3 is 10.1 Å². The summed E-state index contributed by atoms with van der Waals surface area (Å²) < 4.78 is 31.8. The van der Waals surface area contributed by atoms with Crippen molar-refractivity contribution in [3.8, 4) is 0 Å². The molecule has 0 aromatic carbocycles. The molecular weight excluding hydrogens is 252 g/mol. The third-order valence-corrected chi connectivity index (χ3v) is 5.10. The van der Waals surface area contributed by atoms with E-state index in [0.717, 1.165) is 39.0 Å². The Morgan fingerprint density at radius 1 is 1.39 bits per heavy atom. The number of hydrogen-bond acceptors (Lipinski definition) is 4. The van der Waals surface area contributed by atoms with Crippen LogP contribution in [0.5, 0.6) is 0 Å². The normalized spacial score (nSPS) is 22.2. The maximum atomic E-state index is 11.9. The van der Waals surface area contributed by atoms with Gasteiger partial charge in [-0.15, -0.1) is 0 Å². The molecule has 2 N–H and O–H groups in total. The minimum atomic E-state index is -3.19. The molecule has 1 fully saturated rings. The first-order chi connectivity index (χ1) is 8.56. The third kappa shape index (κ3) is 5.65. The minimum absolute atomic E-state index is 0.385.